The smallest absolute Gasteiger partial charge is 0.183 e. The first-order valence-electron chi connectivity index (χ1n) is 5.58. The molecule has 0 aromatic carbocycles. The zero-order chi connectivity index (χ0) is 10.8. The van der Waals surface area contributed by atoms with Gasteiger partial charge in [-0.25, -0.2) is 4.98 Å². The van der Waals surface area contributed by atoms with Gasteiger partial charge in [-0.15, -0.1) is 11.3 Å². The minimum atomic E-state index is 0.619. The molecule has 1 fully saturated rings. The average Bonchev–Trinajstić information content (AvgIpc) is 2.76. The van der Waals surface area contributed by atoms with E-state index in [4.69, 9.17) is 0 Å². The number of hydrogen-bond donors (Lipinski definition) is 1. The van der Waals surface area contributed by atoms with Gasteiger partial charge in [0.05, 0.1) is 0 Å². The molecule has 1 N–H and O–H groups in total. The summed E-state index contributed by atoms with van der Waals surface area (Å²) in [4.78, 5) is 4.38. The van der Waals surface area contributed by atoms with Crippen LogP contribution in [0.25, 0.3) is 0 Å². The SMILES string of the molecule is CCC1CCC(Nc2nc(Br)cs2)C1C. The second-order valence-corrected chi connectivity index (χ2v) is 6.00. The molecule has 3 unspecified atom stereocenters. The number of aromatic nitrogens is 1. The van der Waals surface area contributed by atoms with Crippen molar-refractivity contribution >= 4 is 32.4 Å². The second kappa shape index (κ2) is 4.83. The molecule has 0 saturated heterocycles. The average molecular weight is 289 g/mol. The summed E-state index contributed by atoms with van der Waals surface area (Å²) in [5.41, 5.74) is 0. The van der Waals surface area contributed by atoms with Crippen molar-refractivity contribution in [2.75, 3.05) is 5.32 Å². The zero-order valence-electron chi connectivity index (χ0n) is 9.16. The number of anilines is 1. The molecular weight excluding hydrogens is 272 g/mol. The highest BCUT2D eigenvalue weighted by molar-refractivity contribution is 9.10. The molecule has 1 aromatic heterocycles. The van der Waals surface area contributed by atoms with Gasteiger partial charge in [-0.3, -0.25) is 0 Å². The topological polar surface area (TPSA) is 24.9 Å². The van der Waals surface area contributed by atoms with Gasteiger partial charge < -0.3 is 5.32 Å². The first kappa shape index (κ1) is 11.4. The minimum absolute atomic E-state index is 0.619. The van der Waals surface area contributed by atoms with Crippen LogP contribution in [-0.4, -0.2) is 11.0 Å². The number of nitrogens with zero attached hydrogens (tertiary/aromatic N) is 1. The van der Waals surface area contributed by atoms with Crippen LogP contribution in [0.3, 0.4) is 0 Å². The third-order valence-corrected chi connectivity index (χ3v) is 5.02. The van der Waals surface area contributed by atoms with Gasteiger partial charge in [0, 0.05) is 11.4 Å². The van der Waals surface area contributed by atoms with E-state index in [2.05, 4.69) is 40.1 Å². The van der Waals surface area contributed by atoms with Gasteiger partial charge in [-0.1, -0.05) is 20.3 Å². The molecule has 0 aliphatic heterocycles. The number of hydrogen-bond acceptors (Lipinski definition) is 3. The van der Waals surface area contributed by atoms with Gasteiger partial charge in [0.15, 0.2) is 5.13 Å². The molecule has 2 nitrogen and oxygen atoms in total. The van der Waals surface area contributed by atoms with E-state index in [1.54, 1.807) is 11.3 Å². The Labute approximate surface area is 104 Å². The molecule has 0 spiro atoms. The molecule has 1 aromatic rings. The van der Waals surface area contributed by atoms with E-state index < -0.39 is 0 Å². The van der Waals surface area contributed by atoms with Crippen LogP contribution in [0.15, 0.2) is 9.98 Å². The Morgan fingerprint density at radius 2 is 2.40 bits per heavy atom. The number of rotatable bonds is 3. The Hall–Kier alpha value is -0.0900. The van der Waals surface area contributed by atoms with E-state index in [1.165, 1.54) is 19.3 Å². The number of thiazole rings is 1. The van der Waals surface area contributed by atoms with Crippen molar-refractivity contribution in [1.29, 1.82) is 0 Å². The largest absolute Gasteiger partial charge is 0.358 e. The molecule has 15 heavy (non-hydrogen) atoms. The lowest BCUT2D eigenvalue weighted by atomic mass is 9.94. The molecule has 84 valence electrons. The van der Waals surface area contributed by atoms with Crippen molar-refractivity contribution in [3.05, 3.63) is 9.98 Å². The minimum Gasteiger partial charge on any atom is -0.358 e. The van der Waals surface area contributed by atoms with Gasteiger partial charge in [0.1, 0.15) is 4.60 Å². The van der Waals surface area contributed by atoms with Crippen molar-refractivity contribution < 1.29 is 0 Å². The maximum absolute atomic E-state index is 4.38. The highest BCUT2D eigenvalue weighted by Crippen LogP contribution is 2.36. The van der Waals surface area contributed by atoms with Gasteiger partial charge in [-0.2, -0.15) is 0 Å². The molecule has 0 bridgehead atoms. The summed E-state index contributed by atoms with van der Waals surface area (Å²) in [6.07, 6.45) is 3.96. The van der Waals surface area contributed by atoms with Crippen LogP contribution in [0.1, 0.15) is 33.1 Å². The maximum Gasteiger partial charge on any atom is 0.183 e. The van der Waals surface area contributed by atoms with E-state index in [1.807, 2.05) is 5.38 Å². The van der Waals surface area contributed by atoms with Crippen LogP contribution in [-0.2, 0) is 0 Å². The fraction of sp³-hybridized carbons (Fsp3) is 0.727. The molecule has 4 heteroatoms. The van der Waals surface area contributed by atoms with Crippen molar-refractivity contribution in [3.63, 3.8) is 0 Å². The lowest BCUT2D eigenvalue weighted by Gasteiger charge is -2.20. The summed E-state index contributed by atoms with van der Waals surface area (Å²) in [5, 5.41) is 6.63. The Bertz CT molecular complexity index is 326. The van der Waals surface area contributed by atoms with E-state index in [-0.39, 0.29) is 0 Å². The molecule has 0 radical (unpaired) electrons. The first-order valence-corrected chi connectivity index (χ1v) is 7.25. The summed E-state index contributed by atoms with van der Waals surface area (Å²) in [7, 11) is 0. The Morgan fingerprint density at radius 1 is 1.60 bits per heavy atom. The summed E-state index contributed by atoms with van der Waals surface area (Å²) < 4.78 is 0.938. The van der Waals surface area contributed by atoms with Crippen LogP contribution in [0.5, 0.6) is 0 Å². The molecule has 2 rings (SSSR count). The maximum atomic E-state index is 4.38. The Kier molecular flexibility index (Phi) is 3.67. The van der Waals surface area contributed by atoms with Gasteiger partial charge in [0.2, 0.25) is 0 Å². The third kappa shape index (κ3) is 2.53. The van der Waals surface area contributed by atoms with E-state index in [0.717, 1.165) is 21.6 Å². The van der Waals surface area contributed by atoms with Crippen molar-refractivity contribution in [2.24, 2.45) is 11.8 Å². The van der Waals surface area contributed by atoms with Crippen molar-refractivity contribution in [3.8, 4) is 0 Å². The Balaban J connectivity index is 1.96. The van der Waals surface area contributed by atoms with Crippen LogP contribution in [0.4, 0.5) is 5.13 Å². The lowest BCUT2D eigenvalue weighted by molar-refractivity contribution is 0.392. The van der Waals surface area contributed by atoms with E-state index in [0.29, 0.717) is 6.04 Å². The van der Waals surface area contributed by atoms with E-state index >= 15 is 0 Å². The predicted molar refractivity (Wildman–Crippen MR) is 69.4 cm³/mol. The molecule has 1 aliphatic rings. The predicted octanol–water partition coefficient (Wildman–Crippen LogP) is 4.14. The molecule has 3 atom stereocenters. The van der Waals surface area contributed by atoms with Crippen molar-refractivity contribution in [1.82, 2.24) is 4.98 Å². The summed E-state index contributed by atoms with van der Waals surface area (Å²) >= 11 is 5.06. The third-order valence-electron chi connectivity index (χ3n) is 3.54. The highest BCUT2D eigenvalue weighted by atomic mass is 79.9. The zero-order valence-corrected chi connectivity index (χ0v) is 11.6. The highest BCUT2D eigenvalue weighted by Gasteiger charge is 2.31. The molecular formula is C11H17BrN2S. The van der Waals surface area contributed by atoms with Crippen LogP contribution in [0, 0.1) is 11.8 Å². The molecule has 1 aliphatic carbocycles. The Morgan fingerprint density at radius 3 is 2.93 bits per heavy atom. The number of nitrogens with one attached hydrogen (secondary N) is 1. The molecule has 1 saturated carbocycles. The van der Waals surface area contributed by atoms with Gasteiger partial charge in [-0.05, 0) is 40.6 Å². The fourth-order valence-electron chi connectivity index (χ4n) is 2.51. The standard InChI is InChI=1S/C11H17BrN2S/c1-3-8-4-5-9(7(8)2)13-11-14-10(12)6-15-11/h6-9H,3-5H2,1-2H3,(H,13,14). The molecule has 1 heterocycles. The summed E-state index contributed by atoms with van der Waals surface area (Å²) in [5.74, 6) is 1.67. The number of halogens is 1. The van der Waals surface area contributed by atoms with Crippen LogP contribution >= 0.6 is 27.3 Å². The van der Waals surface area contributed by atoms with Gasteiger partial charge >= 0.3 is 0 Å². The first-order chi connectivity index (χ1) is 7.20. The van der Waals surface area contributed by atoms with Crippen molar-refractivity contribution in [2.45, 2.75) is 39.2 Å². The van der Waals surface area contributed by atoms with Gasteiger partial charge in [0.25, 0.3) is 0 Å². The van der Waals surface area contributed by atoms with Crippen LogP contribution in [0.2, 0.25) is 0 Å². The lowest BCUT2D eigenvalue weighted by Crippen LogP contribution is -2.24. The normalized spacial score (nSPS) is 30.7. The fourth-order valence-corrected chi connectivity index (χ4v) is 3.71. The van der Waals surface area contributed by atoms with E-state index in [9.17, 15) is 0 Å². The quantitative estimate of drug-likeness (QED) is 0.904. The summed E-state index contributed by atoms with van der Waals surface area (Å²) in [6.45, 7) is 4.66. The second-order valence-electron chi connectivity index (χ2n) is 4.33. The summed E-state index contributed by atoms with van der Waals surface area (Å²) in [6, 6.07) is 0.619. The molecule has 0 amide bonds. The van der Waals surface area contributed by atoms with Crippen LogP contribution < -0.4 is 5.32 Å². The monoisotopic (exact) mass is 288 g/mol.